The second-order valence-electron chi connectivity index (χ2n) is 6.70. The molecule has 1 aliphatic rings. The largest absolute Gasteiger partial charge is 0.306 e. The molecule has 0 saturated carbocycles. The Hall–Kier alpha value is -0.0800. The molecule has 0 radical (unpaired) electrons. The second-order valence-corrected chi connectivity index (χ2v) is 6.70. The SMILES string of the molecule is CN(C)C1CCN(CCCC(C)(C)C)CC1. The van der Waals surface area contributed by atoms with Crippen LogP contribution >= 0.6 is 0 Å². The standard InChI is InChI=1S/C14H30N2/c1-14(2,3)9-6-10-16-11-7-13(8-12-16)15(4)5/h13H,6-12H2,1-5H3. The summed E-state index contributed by atoms with van der Waals surface area (Å²) in [5.74, 6) is 0. The lowest BCUT2D eigenvalue weighted by Gasteiger charge is -2.35. The maximum Gasteiger partial charge on any atom is 0.0113 e. The van der Waals surface area contributed by atoms with Gasteiger partial charge in [-0.05, 0) is 64.8 Å². The zero-order chi connectivity index (χ0) is 12.2. The number of hydrogen-bond acceptors (Lipinski definition) is 2. The van der Waals surface area contributed by atoms with E-state index in [9.17, 15) is 0 Å². The van der Waals surface area contributed by atoms with Crippen LogP contribution in [-0.4, -0.2) is 49.6 Å². The summed E-state index contributed by atoms with van der Waals surface area (Å²) >= 11 is 0. The van der Waals surface area contributed by atoms with Crippen molar-refractivity contribution in [2.24, 2.45) is 5.41 Å². The fourth-order valence-electron chi connectivity index (χ4n) is 2.49. The number of hydrogen-bond donors (Lipinski definition) is 0. The number of likely N-dealkylation sites (tertiary alicyclic amines) is 1. The van der Waals surface area contributed by atoms with Gasteiger partial charge >= 0.3 is 0 Å². The quantitative estimate of drug-likeness (QED) is 0.727. The Morgan fingerprint density at radius 2 is 1.69 bits per heavy atom. The van der Waals surface area contributed by atoms with Crippen LogP contribution in [0, 0.1) is 5.41 Å². The molecule has 1 aliphatic heterocycles. The molecule has 2 heteroatoms. The molecule has 0 unspecified atom stereocenters. The Morgan fingerprint density at radius 3 is 2.12 bits per heavy atom. The van der Waals surface area contributed by atoms with Gasteiger partial charge in [-0.3, -0.25) is 0 Å². The van der Waals surface area contributed by atoms with Crippen LogP contribution in [-0.2, 0) is 0 Å². The van der Waals surface area contributed by atoms with E-state index >= 15 is 0 Å². The van der Waals surface area contributed by atoms with Crippen molar-refractivity contribution in [1.82, 2.24) is 9.80 Å². The van der Waals surface area contributed by atoms with E-state index in [4.69, 9.17) is 0 Å². The molecule has 1 fully saturated rings. The molecule has 0 aliphatic carbocycles. The van der Waals surface area contributed by atoms with Crippen LogP contribution in [0.4, 0.5) is 0 Å². The van der Waals surface area contributed by atoms with Crippen molar-refractivity contribution in [3.05, 3.63) is 0 Å². The average molecular weight is 226 g/mol. The number of piperidine rings is 1. The van der Waals surface area contributed by atoms with Gasteiger partial charge in [0.15, 0.2) is 0 Å². The summed E-state index contributed by atoms with van der Waals surface area (Å²) in [6.45, 7) is 10.9. The van der Waals surface area contributed by atoms with Crippen molar-refractivity contribution < 1.29 is 0 Å². The first-order valence-corrected chi connectivity index (χ1v) is 6.77. The Balaban J connectivity index is 2.13. The van der Waals surface area contributed by atoms with Gasteiger partial charge in [0, 0.05) is 6.04 Å². The molecule has 0 N–H and O–H groups in total. The highest BCUT2D eigenvalue weighted by atomic mass is 15.2. The topological polar surface area (TPSA) is 6.48 Å². The molecular formula is C14H30N2. The van der Waals surface area contributed by atoms with Crippen molar-refractivity contribution in [3.63, 3.8) is 0 Å². The Bertz CT molecular complexity index is 185. The predicted molar refractivity (Wildman–Crippen MR) is 71.8 cm³/mol. The first-order chi connectivity index (χ1) is 7.38. The fourth-order valence-corrected chi connectivity index (χ4v) is 2.49. The Morgan fingerprint density at radius 1 is 1.12 bits per heavy atom. The van der Waals surface area contributed by atoms with Crippen LogP contribution in [0.15, 0.2) is 0 Å². The summed E-state index contributed by atoms with van der Waals surface area (Å²) < 4.78 is 0. The molecule has 0 aromatic heterocycles. The zero-order valence-electron chi connectivity index (χ0n) is 11.9. The molecule has 0 bridgehead atoms. The van der Waals surface area contributed by atoms with Gasteiger partial charge in [-0.2, -0.15) is 0 Å². The third-order valence-corrected chi connectivity index (χ3v) is 3.69. The van der Waals surface area contributed by atoms with E-state index in [-0.39, 0.29) is 0 Å². The molecular weight excluding hydrogens is 196 g/mol. The van der Waals surface area contributed by atoms with Crippen LogP contribution in [0.1, 0.15) is 46.5 Å². The van der Waals surface area contributed by atoms with Gasteiger partial charge < -0.3 is 9.80 Å². The number of nitrogens with zero attached hydrogens (tertiary/aromatic N) is 2. The van der Waals surface area contributed by atoms with Crippen molar-refractivity contribution in [3.8, 4) is 0 Å². The first-order valence-electron chi connectivity index (χ1n) is 6.77. The molecule has 0 aromatic rings. The predicted octanol–water partition coefficient (Wildman–Crippen LogP) is 2.84. The maximum atomic E-state index is 2.64. The lowest BCUT2D eigenvalue weighted by atomic mass is 9.90. The Labute approximate surface area is 102 Å². The summed E-state index contributed by atoms with van der Waals surface area (Å²) in [7, 11) is 4.42. The summed E-state index contributed by atoms with van der Waals surface area (Å²) in [4.78, 5) is 5.03. The van der Waals surface area contributed by atoms with Gasteiger partial charge in [0.25, 0.3) is 0 Å². The lowest BCUT2D eigenvalue weighted by molar-refractivity contribution is 0.140. The van der Waals surface area contributed by atoms with E-state index in [0.717, 1.165) is 6.04 Å². The van der Waals surface area contributed by atoms with Crippen LogP contribution < -0.4 is 0 Å². The smallest absolute Gasteiger partial charge is 0.0113 e. The minimum absolute atomic E-state index is 0.502. The molecule has 2 nitrogen and oxygen atoms in total. The van der Waals surface area contributed by atoms with Crippen molar-refractivity contribution in [2.75, 3.05) is 33.7 Å². The van der Waals surface area contributed by atoms with Crippen molar-refractivity contribution >= 4 is 0 Å². The second kappa shape index (κ2) is 6.02. The van der Waals surface area contributed by atoms with Gasteiger partial charge in [-0.1, -0.05) is 20.8 Å². The third-order valence-electron chi connectivity index (χ3n) is 3.69. The summed E-state index contributed by atoms with van der Waals surface area (Å²) in [6.07, 6.45) is 5.40. The van der Waals surface area contributed by atoms with Crippen molar-refractivity contribution in [2.45, 2.75) is 52.5 Å². The van der Waals surface area contributed by atoms with Crippen molar-refractivity contribution in [1.29, 1.82) is 0 Å². The highest BCUT2D eigenvalue weighted by Gasteiger charge is 2.20. The average Bonchev–Trinajstić information content (AvgIpc) is 2.16. The van der Waals surface area contributed by atoms with Gasteiger partial charge in [0.05, 0.1) is 0 Å². The molecule has 96 valence electrons. The highest BCUT2D eigenvalue weighted by Crippen LogP contribution is 2.21. The van der Waals surface area contributed by atoms with Crippen LogP contribution in [0.5, 0.6) is 0 Å². The molecule has 1 heterocycles. The first kappa shape index (κ1) is 14.0. The normalized spacial score (nSPS) is 20.6. The molecule has 0 aromatic carbocycles. The minimum atomic E-state index is 0.502. The molecule has 0 amide bonds. The molecule has 1 rings (SSSR count). The summed E-state index contributed by atoms with van der Waals surface area (Å²) in [5, 5.41) is 0. The molecule has 0 atom stereocenters. The van der Waals surface area contributed by atoms with Gasteiger partial charge in [-0.15, -0.1) is 0 Å². The third kappa shape index (κ3) is 5.31. The van der Waals surface area contributed by atoms with Crippen LogP contribution in [0.2, 0.25) is 0 Å². The van der Waals surface area contributed by atoms with E-state index in [0.29, 0.717) is 5.41 Å². The van der Waals surface area contributed by atoms with Gasteiger partial charge in [0.2, 0.25) is 0 Å². The van der Waals surface area contributed by atoms with Crippen LogP contribution in [0.25, 0.3) is 0 Å². The molecule has 0 spiro atoms. The van der Waals surface area contributed by atoms with E-state index in [1.54, 1.807) is 0 Å². The maximum absolute atomic E-state index is 2.64. The van der Waals surface area contributed by atoms with E-state index < -0.39 is 0 Å². The summed E-state index contributed by atoms with van der Waals surface area (Å²) in [6, 6.07) is 0.818. The van der Waals surface area contributed by atoms with Gasteiger partial charge in [0.1, 0.15) is 0 Å². The number of rotatable bonds is 4. The molecule has 1 saturated heterocycles. The lowest BCUT2D eigenvalue weighted by Crippen LogP contribution is -2.42. The highest BCUT2D eigenvalue weighted by molar-refractivity contribution is 4.77. The minimum Gasteiger partial charge on any atom is -0.306 e. The summed E-state index contributed by atoms with van der Waals surface area (Å²) in [5.41, 5.74) is 0.502. The van der Waals surface area contributed by atoms with E-state index in [2.05, 4.69) is 44.7 Å². The molecule has 16 heavy (non-hydrogen) atoms. The van der Waals surface area contributed by atoms with E-state index in [1.165, 1.54) is 45.3 Å². The monoisotopic (exact) mass is 226 g/mol. The Kier molecular flexibility index (Phi) is 5.26. The van der Waals surface area contributed by atoms with Gasteiger partial charge in [-0.25, -0.2) is 0 Å². The van der Waals surface area contributed by atoms with E-state index in [1.807, 2.05) is 0 Å². The van der Waals surface area contributed by atoms with Crippen LogP contribution in [0.3, 0.4) is 0 Å². The zero-order valence-corrected chi connectivity index (χ0v) is 11.9. The fraction of sp³-hybridized carbons (Fsp3) is 1.00.